The molecule has 1 aliphatic heterocycles. The van der Waals surface area contributed by atoms with Crippen molar-refractivity contribution >= 4 is 15.7 Å². The van der Waals surface area contributed by atoms with Gasteiger partial charge in [-0.3, -0.25) is 0 Å². The van der Waals surface area contributed by atoms with Crippen LogP contribution in [-0.2, 0) is 10.0 Å². The predicted octanol–water partition coefficient (Wildman–Crippen LogP) is 3.04. The molecule has 0 amide bonds. The average molecular weight is 391 g/mol. The van der Waals surface area contributed by atoms with Crippen molar-refractivity contribution in [1.29, 1.82) is 0 Å². The number of para-hydroxylation sites is 1. The monoisotopic (exact) mass is 390 g/mol. The van der Waals surface area contributed by atoms with Gasteiger partial charge < -0.3 is 14.4 Å². The highest BCUT2D eigenvalue weighted by molar-refractivity contribution is 7.89. The lowest BCUT2D eigenvalue weighted by Crippen LogP contribution is -2.30. The van der Waals surface area contributed by atoms with Crippen LogP contribution in [0.15, 0.2) is 53.4 Å². The second-order valence-electron chi connectivity index (χ2n) is 6.33. The molecule has 0 saturated carbocycles. The first kappa shape index (κ1) is 19.5. The van der Waals surface area contributed by atoms with Gasteiger partial charge in [-0.1, -0.05) is 18.2 Å². The summed E-state index contributed by atoms with van der Waals surface area (Å²) in [4.78, 5) is 2.42. The Morgan fingerprint density at radius 2 is 1.78 bits per heavy atom. The summed E-state index contributed by atoms with van der Waals surface area (Å²) in [6.45, 7) is 5.22. The number of benzene rings is 2. The normalized spacial score (nSPS) is 13.8. The quantitative estimate of drug-likeness (QED) is 0.702. The van der Waals surface area contributed by atoms with Crippen LogP contribution in [0.4, 0.5) is 5.69 Å². The van der Waals surface area contributed by atoms with Crippen molar-refractivity contribution in [3.8, 4) is 11.5 Å². The lowest BCUT2D eigenvalue weighted by molar-refractivity contribution is 0.297. The van der Waals surface area contributed by atoms with E-state index < -0.39 is 10.0 Å². The van der Waals surface area contributed by atoms with Crippen LogP contribution in [0.2, 0.25) is 0 Å². The van der Waals surface area contributed by atoms with Gasteiger partial charge in [0.05, 0.1) is 18.1 Å². The smallest absolute Gasteiger partial charge is 0.240 e. The van der Waals surface area contributed by atoms with Crippen LogP contribution in [0.1, 0.15) is 19.8 Å². The summed E-state index contributed by atoms with van der Waals surface area (Å²) >= 11 is 0. The van der Waals surface area contributed by atoms with Crippen molar-refractivity contribution in [2.24, 2.45) is 0 Å². The highest BCUT2D eigenvalue weighted by Gasteiger charge is 2.18. The average Bonchev–Trinajstić information content (AvgIpc) is 2.93. The summed E-state index contributed by atoms with van der Waals surface area (Å²) in [7, 11) is -3.58. The van der Waals surface area contributed by atoms with Gasteiger partial charge in [0.1, 0.15) is 0 Å². The molecule has 27 heavy (non-hydrogen) atoms. The molecule has 3 rings (SSSR count). The molecule has 7 heteroatoms. The molecule has 0 saturated heterocycles. The van der Waals surface area contributed by atoms with Gasteiger partial charge in [0.2, 0.25) is 10.0 Å². The molecule has 0 radical (unpaired) electrons. The second-order valence-corrected chi connectivity index (χ2v) is 8.09. The maximum Gasteiger partial charge on any atom is 0.240 e. The van der Waals surface area contributed by atoms with Crippen LogP contribution in [-0.4, -0.2) is 41.3 Å². The molecular weight excluding hydrogens is 364 g/mol. The number of rotatable bonds is 8. The largest absolute Gasteiger partial charge is 0.490 e. The number of sulfonamides is 1. The fourth-order valence-corrected chi connectivity index (χ4v) is 4.07. The molecule has 2 aromatic carbocycles. The Kier molecular flexibility index (Phi) is 6.58. The van der Waals surface area contributed by atoms with Crippen LogP contribution in [0.25, 0.3) is 0 Å². The molecule has 0 atom stereocenters. The summed E-state index contributed by atoms with van der Waals surface area (Å²) in [5.74, 6) is 1.07. The van der Waals surface area contributed by atoms with Crippen molar-refractivity contribution in [3.05, 3.63) is 48.5 Å². The van der Waals surface area contributed by atoms with Crippen LogP contribution in [0.3, 0.4) is 0 Å². The van der Waals surface area contributed by atoms with Gasteiger partial charge >= 0.3 is 0 Å². The van der Waals surface area contributed by atoms with E-state index in [1.807, 2.05) is 18.2 Å². The van der Waals surface area contributed by atoms with Gasteiger partial charge in [0.25, 0.3) is 0 Å². The van der Waals surface area contributed by atoms with Gasteiger partial charge in [-0.2, -0.15) is 0 Å². The minimum absolute atomic E-state index is 0.196. The Morgan fingerprint density at radius 1 is 1.04 bits per heavy atom. The molecule has 0 unspecified atom stereocenters. The standard InChI is InChI=1S/C20H26N2O4S/c1-2-22(17-8-4-3-5-9-17)13-6-12-21-27(23,24)18-10-11-19-20(16-18)26-15-7-14-25-19/h3-5,8-11,16,21H,2,6-7,12-15H2,1H3. The summed E-state index contributed by atoms with van der Waals surface area (Å²) in [5, 5.41) is 0. The van der Waals surface area contributed by atoms with Crippen LogP contribution in [0.5, 0.6) is 11.5 Å². The number of hydrogen-bond acceptors (Lipinski definition) is 5. The molecule has 2 aromatic rings. The maximum atomic E-state index is 12.6. The lowest BCUT2D eigenvalue weighted by atomic mass is 10.2. The van der Waals surface area contributed by atoms with E-state index in [2.05, 4.69) is 28.7 Å². The fraction of sp³-hybridized carbons (Fsp3) is 0.400. The topological polar surface area (TPSA) is 67.9 Å². The van der Waals surface area contributed by atoms with E-state index in [0.29, 0.717) is 37.7 Å². The van der Waals surface area contributed by atoms with Crippen molar-refractivity contribution in [3.63, 3.8) is 0 Å². The first-order valence-electron chi connectivity index (χ1n) is 9.29. The zero-order valence-corrected chi connectivity index (χ0v) is 16.4. The molecule has 0 fully saturated rings. The van der Waals surface area contributed by atoms with Gasteiger partial charge in [0, 0.05) is 37.8 Å². The molecular formula is C20H26N2O4S. The second kappa shape index (κ2) is 9.10. The van der Waals surface area contributed by atoms with E-state index in [1.165, 1.54) is 6.07 Å². The molecule has 0 aliphatic carbocycles. The maximum absolute atomic E-state index is 12.6. The Balaban J connectivity index is 1.56. The first-order chi connectivity index (χ1) is 13.1. The number of fused-ring (bicyclic) bond motifs is 1. The van der Waals surface area contributed by atoms with Crippen LogP contribution >= 0.6 is 0 Å². The molecule has 0 aromatic heterocycles. The number of hydrogen-bond donors (Lipinski definition) is 1. The molecule has 1 aliphatic rings. The number of anilines is 1. The van der Waals surface area contributed by atoms with Gasteiger partial charge in [-0.15, -0.1) is 0 Å². The fourth-order valence-electron chi connectivity index (χ4n) is 2.98. The van der Waals surface area contributed by atoms with E-state index in [1.54, 1.807) is 12.1 Å². The molecule has 0 spiro atoms. The molecule has 0 bridgehead atoms. The van der Waals surface area contributed by atoms with Crippen molar-refractivity contribution in [1.82, 2.24) is 4.72 Å². The molecule has 6 nitrogen and oxygen atoms in total. The van der Waals surface area contributed by atoms with Crippen molar-refractivity contribution < 1.29 is 17.9 Å². The zero-order chi connectivity index (χ0) is 19.1. The van der Waals surface area contributed by atoms with Crippen molar-refractivity contribution in [2.45, 2.75) is 24.7 Å². The van der Waals surface area contributed by atoms with Gasteiger partial charge in [0.15, 0.2) is 11.5 Å². The molecule has 1 N–H and O–H groups in total. The first-order valence-corrected chi connectivity index (χ1v) is 10.8. The number of ether oxygens (including phenoxy) is 2. The summed E-state index contributed by atoms with van der Waals surface area (Å²) in [5.41, 5.74) is 1.14. The lowest BCUT2D eigenvalue weighted by Gasteiger charge is -2.23. The van der Waals surface area contributed by atoms with Gasteiger partial charge in [-0.25, -0.2) is 13.1 Å². The van der Waals surface area contributed by atoms with E-state index in [9.17, 15) is 8.42 Å². The predicted molar refractivity (Wildman–Crippen MR) is 106 cm³/mol. The Morgan fingerprint density at radius 3 is 2.52 bits per heavy atom. The molecule has 1 heterocycles. The Labute approximate surface area is 161 Å². The summed E-state index contributed by atoms with van der Waals surface area (Å²) < 4.78 is 38.9. The van der Waals surface area contributed by atoms with E-state index in [0.717, 1.165) is 25.2 Å². The number of nitrogens with zero attached hydrogens (tertiary/aromatic N) is 1. The van der Waals surface area contributed by atoms with E-state index in [4.69, 9.17) is 9.47 Å². The van der Waals surface area contributed by atoms with E-state index >= 15 is 0 Å². The number of nitrogens with one attached hydrogen (secondary N) is 1. The van der Waals surface area contributed by atoms with Gasteiger partial charge in [-0.05, 0) is 37.6 Å². The van der Waals surface area contributed by atoms with Crippen LogP contribution in [0, 0.1) is 0 Å². The zero-order valence-electron chi connectivity index (χ0n) is 15.6. The SMILES string of the molecule is CCN(CCCNS(=O)(=O)c1ccc2c(c1)OCCCO2)c1ccccc1. The minimum Gasteiger partial charge on any atom is -0.490 e. The third-order valence-electron chi connectivity index (χ3n) is 4.43. The van der Waals surface area contributed by atoms with E-state index in [-0.39, 0.29) is 4.90 Å². The third-order valence-corrected chi connectivity index (χ3v) is 5.89. The highest BCUT2D eigenvalue weighted by atomic mass is 32.2. The Hall–Kier alpha value is -2.25. The third kappa shape index (κ3) is 5.14. The molecule has 146 valence electrons. The minimum atomic E-state index is -3.58. The Bertz CT molecular complexity index is 840. The summed E-state index contributed by atoms with van der Waals surface area (Å²) in [6, 6.07) is 14.9. The highest BCUT2D eigenvalue weighted by Crippen LogP contribution is 2.31. The van der Waals surface area contributed by atoms with Crippen molar-refractivity contribution in [2.75, 3.05) is 37.7 Å². The van der Waals surface area contributed by atoms with Crippen LogP contribution < -0.4 is 19.1 Å². The summed E-state index contributed by atoms with van der Waals surface area (Å²) in [6.07, 6.45) is 1.50.